The molecule has 2 aromatic rings. The van der Waals surface area contributed by atoms with Gasteiger partial charge in [-0.2, -0.15) is 0 Å². The summed E-state index contributed by atoms with van der Waals surface area (Å²) in [4.78, 5) is 8.77. The molecule has 0 aliphatic carbocycles. The molecule has 24 heavy (non-hydrogen) atoms. The van der Waals surface area contributed by atoms with E-state index in [-0.39, 0.29) is 19.0 Å². The largest absolute Gasteiger partial charge is 0.288 e. The summed E-state index contributed by atoms with van der Waals surface area (Å²) in [6.07, 6.45) is 0. The van der Waals surface area contributed by atoms with E-state index in [1.54, 1.807) is 7.05 Å². The van der Waals surface area contributed by atoms with E-state index in [1.165, 1.54) is 5.06 Å². The molecule has 0 unspecified atom stereocenters. The van der Waals surface area contributed by atoms with Crippen molar-refractivity contribution < 1.29 is 5.21 Å². The van der Waals surface area contributed by atoms with Gasteiger partial charge >= 0.3 is 0 Å². The van der Waals surface area contributed by atoms with Crippen LogP contribution in [0.25, 0.3) is 5.70 Å². The minimum Gasteiger partial charge on any atom is -0.288 e. The van der Waals surface area contributed by atoms with Gasteiger partial charge in [-0.15, -0.1) is 12.4 Å². The van der Waals surface area contributed by atoms with Crippen LogP contribution in [0, 0.1) is 13.8 Å². The van der Waals surface area contributed by atoms with E-state index in [1.807, 2.05) is 30.3 Å². The van der Waals surface area contributed by atoms with Gasteiger partial charge in [-0.3, -0.25) is 10.2 Å². The molecule has 0 fully saturated rings. The van der Waals surface area contributed by atoms with Crippen molar-refractivity contribution in [1.82, 2.24) is 5.06 Å². The number of aryl methyl sites for hydroxylation is 2. The molecule has 126 valence electrons. The van der Waals surface area contributed by atoms with Gasteiger partial charge in [-0.1, -0.05) is 23.7 Å². The summed E-state index contributed by atoms with van der Waals surface area (Å²) in [7, 11) is 1.68. The van der Waals surface area contributed by atoms with Crippen LogP contribution in [-0.4, -0.2) is 29.7 Å². The number of hydrogen-bond donors (Lipinski definition) is 1. The van der Waals surface area contributed by atoms with Crippen LogP contribution >= 0.6 is 24.0 Å². The van der Waals surface area contributed by atoms with Crippen LogP contribution in [-0.2, 0) is 0 Å². The average Bonchev–Trinajstić information content (AvgIpc) is 2.65. The minimum atomic E-state index is 0. The van der Waals surface area contributed by atoms with Gasteiger partial charge in [0.25, 0.3) is 0 Å². The number of hydrogen-bond acceptors (Lipinski definition) is 3. The van der Waals surface area contributed by atoms with Gasteiger partial charge in [0.1, 0.15) is 12.4 Å². The number of rotatable bonds is 1. The number of fused-ring (bicyclic) bond motifs is 1. The molecule has 0 spiro atoms. The fourth-order valence-electron chi connectivity index (χ4n) is 2.64. The first kappa shape index (κ1) is 18.5. The lowest BCUT2D eigenvalue weighted by molar-refractivity contribution is -0.0119. The number of halogens is 2. The Morgan fingerprint density at radius 3 is 2.38 bits per heavy atom. The van der Waals surface area contributed by atoms with Gasteiger partial charge < -0.3 is 0 Å². The molecule has 1 N–H and O–H groups in total. The van der Waals surface area contributed by atoms with Crippen molar-refractivity contribution in [2.45, 2.75) is 13.8 Å². The molecule has 0 bridgehead atoms. The Hall–Kier alpha value is -1.88. The molecular formula is C18H19Cl2N3O. The summed E-state index contributed by atoms with van der Waals surface area (Å²) in [6.45, 7) is 4.34. The van der Waals surface area contributed by atoms with E-state index in [4.69, 9.17) is 11.6 Å². The summed E-state index contributed by atoms with van der Waals surface area (Å²) in [5, 5.41) is 14.2. The van der Waals surface area contributed by atoms with Crippen molar-refractivity contribution in [1.29, 1.82) is 0 Å². The third-order valence-corrected chi connectivity index (χ3v) is 4.29. The van der Waals surface area contributed by atoms with E-state index < -0.39 is 0 Å². The molecule has 2 aromatic carbocycles. The van der Waals surface area contributed by atoms with Crippen LogP contribution in [0.1, 0.15) is 16.7 Å². The fraction of sp³-hybridized carbons (Fsp3) is 0.222. The van der Waals surface area contributed by atoms with E-state index in [0.29, 0.717) is 16.6 Å². The quantitative estimate of drug-likeness (QED) is 0.846. The van der Waals surface area contributed by atoms with E-state index >= 15 is 0 Å². The summed E-state index contributed by atoms with van der Waals surface area (Å²) in [5.41, 5.74) is 3.90. The van der Waals surface area contributed by atoms with Crippen molar-refractivity contribution in [2.75, 3.05) is 13.6 Å². The molecule has 0 saturated carbocycles. The monoisotopic (exact) mass is 363 g/mol. The third kappa shape index (κ3) is 3.46. The number of nitrogens with zero attached hydrogens (tertiary/aromatic N) is 3. The van der Waals surface area contributed by atoms with Crippen molar-refractivity contribution in [2.24, 2.45) is 9.98 Å². The smallest absolute Gasteiger partial charge is 0.145 e. The number of benzene rings is 2. The molecule has 0 saturated heterocycles. The number of hydroxylamine groups is 2. The first-order chi connectivity index (χ1) is 11.0. The lowest BCUT2D eigenvalue weighted by Gasteiger charge is -2.19. The first-order valence-electron chi connectivity index (χ1n) is 7.38. The van der Waals surface area contributed by atoms with Gasteiger partial charge in [0.15, 0.2) is 0 Å². The van der Waals surface area contributed by atoms with E-state index in [0.717, 1.165) is 27.3 Å². The Labute approximate surface area is 152 Å². The molecule has 0 aromatic heterocycles. The molecule has 0 amide bonds. The van der Waals surface area contributed by atoms with Crippen LogP contribution in [0.15, 0.2) is 46.4 Å². The second-order valence-electron chi connectivity index (χ2n) is 5.62. The third-order valence-electron chi connectivity index (χ3n) is 4.04. The normalized spacial score (nSPS) is 15.5. The van der Waals surface area contributed by atoms with Gasteiger partial charge in [-0.05, 0) is 49.2 Å². The Morgan fingerprint density at radius 1 is 1.12 bits per heavy atom. The van der Waals surface area contributed by atoms with Crippen molar-refractivity contribution in [3.05, 3.63) is 68.7 Å². The highest BCUT2D eigenvalue weighted by atomic mass is 35.5. The molecule has 1 aliphatic rings. The molecule has 6 heteroatoms. The maximum absolute atomic E-state index is 10.6. The fourth-order valence-corrected chi connectivity index (χ4v) is 2.77. The van der Waals surface area contributed by atoms with Gasteiger partial charge in [0, 0.05) is 22.9 Å². The zero-order valence-electron chi connectivity index (χ0n) is 13.7. The Kier molecular flexibility index (Phi) is 5.65. The standard InChI is InChI=1S/C18H18ClN3O.ClH/c1-11-8-15-16(9-12(11)2)21-17(20-3)10-22(23)18(15)13-4-6-14(19)7-5-13;/h4-9,23H,10H2,1-3H3;1H. The molecule has 3 rings (SSSR count). The molecular weight excluding hydrogens is 345 g/mol. The van der Waals surface area contributed by atoms with Crippen LogP contribution in [0.2, 0.25) is 5.02 Å². The van der Waals surface area contributed by atoms with Gasteiger partial charge in [-0.25, -0.2) is 10.1 Å². The zero-order chi connectivity index (χ0) is 16.6. The van der Waals surface area contributed by atoms with Crippen LogP contribution in [0.3, 0.4) is 0 Å². The molecule has 0 atom stereocenters. The predicted molar refractivity (Wildman–Crippen MR) is 99.8 cm³/mol. The highest BCUT2D eigenvalue weighted by molar-refractivity contribution is 6.30. The average molecular weight is 364 g/mol. The van der Waals surface area contributed by atoms with Gasteiger partial charge in [0.05, 0.1) is 11.1 Å². The second-order valence-corrected chi connectivity index (χ2v) is 6.05. The number of amidine groups is 1. The van der Waals surface area contributed by atoms with Crippen LogP contribution in [0.5, 0.6) is 0 Å². The van der Waals surface area contributed by atoms with Crippen molar-refractivity contribution in [3.8, 4) is 0 Å². The molecule has 1 aliphatic heterocycles. The van der Waals surface area contributed by atoms with Crippen LogP contribution < -0.4 is 10.6 Å². The Balaban J connectivity index is 0.00000208. The SMILES string of the molecule is CN=C1CN(O)C(c2ccc(Cl)cc2)=c2cc(C)c(C)cc2=N1.Cl. The first-order valence-corrected chi connectivity index (χ1v) is 7.75. The lowest BCUT2D eigenvalue weighted by Crippen LogP contribution is -2.32. The van der Waals surface area contributed by atoms with E-state index in [2.05, 4.69) is 29.9 Å². The predicted octanol–water partition coefficient (Wildman–Crippen LogP) is 2.89. The zero-order valence-corrected chi connectivity index (χ0v) is 15.3. The Morgan fingerprint density at radius 2 is 1.75 bits per heavy atom. The maximum Gasteiger partial charge on any atom is 0.145 e. The highest BCUT2D eigenvalue weighted by Crippen LogP contribution is 2.18. The Bertz CT molecular complexity index is 905. The minimum absolute atomic E-state index is 0. The molecule has 1 heterocycles. The maximum atomic E-state index is 10.6. The van der Waals surface area contributed by atoms with Crippen molar-refractivity contribution >= 4 is 35.5 Å². The molecule has 4 nitrogen and oxygen atoms in total. The van der Waals surface area contributed by atoms with Crippen LogP contribution in [0.4, 0.5) is 0 Å². The second kappa shape index (κ2) is 7.34. The summed E-state index contributed by atoms with van der Waals surface area (Å²) >= 11 is 5.99. The summed E-state index contributed by atoms with van der Waals surface area (Å²) in [6, 6.07) is 11.5. The summed E-state index contributed by atoms with van der Waals surface area (Å²) in [5.74, 6) is 0.584. The molecule has 0 radical (unpaired) electrons. The lowest BCUT2D eigenvalue weighted by atomic mass is 10.0. The summed E-state index contributed by atoms with van der Waals surface area (Å²) < 4.78 is 0. The van der Waals surface area contributed by atoms with Crippen molar-refractivity contribution in [3.63, 3.8) is 0 Å². The van der Waals surface area contributed by atoms with Gasteiger partial charge in [0.2, 0.25) is 0 Å². The van der Waals surface area contributed by atoms with E-state index in [9.17, 15) is 5.21 Å². The topological polar surface area (TPSA) is 48.2 Å². The highest BCUT2D eigenvalue weighted by Gasteiger charge is 2.17. The number of aliphatic imine (C=N–C) groups is 1.